The minimum atomic E-state index is -0.477. The number of hydrogen-bond donors (Lipinski definition) is 0. The second kappa shape index (κ2) is 13.6. The number of aromatic nitrogens is 2. The van der Waals surface area contributed by atoms with E-state index in [0.717, 1.165) is 86.7 Å². The summed E-state index contributed by atoms with van der Waals surface area (Å²) in [6.07, 6.45) is 4.07. The minimum Gasteiger partial charge on any atom is -0.454 e. The predicted molar refractivity (Wildman–Crippen MR) is 244 cm³/mol. The lowest BCUT2D eigenvalue weighted by molar-refractivity contribution is -0.633. The van der Waals surface area contributed by atoms with Gasteiger partial charge in [0.15, 0.2) is 16.6 Å². The van der Waals surface area contributed by atoms with Crippen LogP contribution in [0.3, 0.4) is 0 Å². The highest BCUT2D eigenvalue weighted by Crippen LogP contribution is 2.44. The Hall–Kier alpha value is -5.93. The Morgan fingerprint density at radius 2 is 1.28 bits per heavy atom. The van der Waals surface area contributed by atoms with Crippen LogP contribution in [0.25, 0.3) is 83.1 Å². The molecule has 0 amide bonds. The van der Waals surface area contributed by atoms with Gasteiger partial charge in [0.05, 0.1) is 7.05 Å². The van der Waals surface area contributed by atoms with Crippen LogP contribution in [0, 0.1) is 12.3 Å². The van der Waals surface area contributed by atoms with Gasteiger partial charge in [-0.3, -0.25) is 0 Å². The standard InChI is InChI=1S/C55H53N2O/c1-35-16-27-45-44-28-25-41-12-8-9-13-43(41)51(44)58-52(45)50(35)53-56(7)48-14-10-11-15-49(48)57(53)47-29-26-42(34-46(47)54(2,3)4)39-23-21-37(22-24-39)36-17-19-38(20-18-36)40-30-32-55(5,6)33-31-40/h8-29,34,40H,30-33H2,1-7H3/q+1/i40D. The van der Waals surface area contributed by atoms with Gasteiger partial charge in [0.1, 0.15) is 16.8 Å². The number of aryl methyl sites for hydroxylation is 2. The average Bonchev–Trinajstić information content (AvgIpc) is 3.76. The molecule has 58 heavy (non-hydrogen) atoms. The van der Waals surface area contributed by atoms with E-state index in [0.29, 0.717) is 5.41 Å². The van der Waals surface area contributed by atoms with Gasteiger partial charge in [-0.25, -0.2) is 4.57 Å². The molecule has 3 heteroatoms. The number of rotatable bonds is 5. The van der Waals surface area contributed by atoms with E-state index in [-0.39, 0.29) is 5.41 Å². The monoisotopic (exact) mass is 758 g/mol. The maximum absolute atomic E-state index is 9.24. The number of furan rings is 1. The van der Waals surface area contributed by atoms with Gasteiger partial charge in [0.25, 0.3) is 5.82 Å². The van der Waals surface area contributed by atoms with E-state index in [1.54, 1.807) is 0 Å². The third kappa shape index (κ3) is 6.06. The molecule has 1 fully saturated rings. The Kier molecular flexibility index (Phi) is 8.26. The van der Waals surface area contributed by atoms with Crippen LogP contribution in [0.5, 0.6) is 0 Å². The molecule has 3 nitrogen and oxygen atoms in total. The molecule has 1 aliphatic rings. The summed E-state index contributed by atoms with van der Waals surface area (Å²) < 4.78 is 21.1. The Morgan fingerprint density at radius 3 is 2.00 bits per heavy atom. The molecule has 0 spiro atoms. The summed E-state index contributed by atoms with van der Waals surface area (Å²) in [5, 5.41) is 4.57. The van der Waals surface area contributed by atoms with E-state index < -0.39 is 5.89 Å². The second-order valence-corrected chi connectivity index (χ2v) is 18.5. The molecule has 0 unspecified atom stereocenters. The van der Waals surface area contributed by atoms with Gasteiger partial charge >= 0.3 is 0 Å². The molecule has 2 heterocycles. The van der Waals surface area contributed by atoms with Crippen molar-refractivity contribution in [2.75, 3.05) is 0 Å². The van der Waals surface area contributed by atoms with Crippen molar-refractivity contribution in [3.63, 3.8) is 0 Å². The largest absolute Gasteiger partial charge is 0.454 e. The van der Waals surface area contributed by atoms with Crippen LogP contribution in [0.1, 0.15) is 84.3 Å². The molecule has 0 N–H and O–H groups in total. The van der Waals surface area contributed by atoms with Crippen molar-refractivity contribution in [3.8, 4) is 39.3 Å². The van der Waals surface area contributed by atoms with E-state index >= 15 is 0 Å². The zero-order valence-corrected chi connectivity index (χ0v) is 34.9. The average molecular weight is 759 g/mol. The number of fused-ring (bicyclic) bond motifs is 6. The van der Waals surface area contributed by atoms with Gasteiger partial charge in [0, 0.05) is 23.1 Å². The fraction of sp³-hybridized carbons (Fsp3) is 0.255. The molecule has 1 saturated carbocycles. The zero-order chi connectivity index (χ0) is 40.8. The molecule has 0 radical (unpaired) electrons. The molecule has 0 aliphatic heterocycles. The second-order valence-electron chi connectivity index (χ2n) is 18.5. The maximum Gasteiger partial charge on any atom is 0.298 e. The number of para-hydroxylation sites is 2. The van der Waals surface area contributed by atoms with Gasteiger partial charge in [-0.2, -0.15) is 4.57 Å². The minimum absolute atomic E-state index is 0.156. The van der Waals surface area contributed by atoms with Gasteiger partial charge in [0.2, 0.25) is 0 Å². The van der Waals surface area contributed by atoms with Gasteiger partial charge in [-0.1, -0.05) is 144 Å². The fourth-order valence-corrected chi connectivity index (χ4v) is 9.56. The summed E-state index contributed by atoms with van der Waals surface area (Å²) in [5.74, 6) is 0.615. The summed E-state index contributed by atoms with van der Waals surface area (Å²) in [5.41, 5.74) is 15.0. The molecule has 0 bridgehead atoms. The normalized spacial score (nSPS) is 15.7. The van der Waals surface area contributed by atoms with Crippen LogP contribution < -0.4 is 4.57 Å². The lowest BCUT2D eigenvalue weighted by Crippen LogP contribution is -2.30. The smallest absolute Gasteiger partial charge is 0.298 e. The van der Waals surface area contributed by atoms with Gasteiger partial charge in [-0.05, 0) is 118 Å². The molecule has 1 aliphatic carbocycles. The van der Waals surface area contributed by atoms with E-state index in [1.165, 1.54) is 38.8 Å². The van der Waals surface area contributed by atoms with Crippen LogP contribution in [0.4, 0.5) is 0 Å². The number of benzene rings is 7. The quantitative estimate of drug-likeness (QED) is 0.160. The lowest BCUT2D eigenvalue weighted by Gasteiger charge is -2.34. The summed E-state index contributed by atoms with van der Waals surface area (Å²) >= 11 is 0. The lowest BCUT2D eigenvalue weighted by atomic mass is 9.71. The van der Waals surface area contributed by atoms with Crippen molar-refractivity contribution in [1.82, 2.24) is 4.57 Å². The van der Waals surface area contributed by atoms with E-state index in [1.807, 2.05) is 0 Å². The van der Waals surface area contributed by atoms with Crippen molar-refractivity contribution in [3.05, 3.63) is 156 Å². The molecular formula is C55H53N2O+. The van der Waals surface area contributed by atoms with E-state index in [9.17, 15) is 1.37 Å². The highest BCUT2D eigenvalue weighted by molar-refractivity contribution is 6.17. The number of imidazole rings is 1. The molecule has 9 aromatic rings. The van der Waals surface area contributed by atoms with Crippen molar-refractivity contribution >= 4 is 43.7 Å². The SMILES string of the molecule is [2H]C1(c2ccc(-c3ccc(-c4ccc(-n5c(-c6c(C)ccc7c6oc6c8ccccc8ccc76)[n+](C)c6ccccc65)c(C(C)(C)C)c4)cc3)cc2)CCC(C)(C)CC1. The first kappa shape index (κ1) is 35.2. The van der Waals surface area contributed by atoms with Crippen molar-refractivity contribution in [1.29, 1.82) is 0 Å². The van der Waals surface area contributed by atoms with Crippen molar-refractivity contribution < 1.29 is 10.4 Å². The van der Waals surface area contributed by atoms with Crippen molar-refractivity contribution in [2.45, 2.75) is 78.5 Å². The summed E-state index contributed by atoms with van der Waals surface area (Å²) in [7, 11) is 2.19. The fourth-order valence-electron chi connectivity index (χ4n) is 9.56. The molecule has 0 saturated heterocycles. The van der Waals surface area contributed by atoms with Gasteiger partial charge in [-0.15, -0.1) is 0 Å². The predicted octanol–water partition coefficient (Wildman–Crippen LogP) is 14.8. The summed E-state index contributed by atoms with van der Waals surface area (Å²) in [6.45, 7) is 13.8. The highest BCUT2D eigenvalue weighted by Gasteiger charge is 2.34. The van der Waals surface area contributed by atoms with Crippen molar-refractivity contribution in [2.24, 2.45) is 12.5 Å². The molecule has 288 valence electrons. The maximum atomic E-state index is 9.24. The Morgan fingerprint density at radius 1 is 0.672 bits per heavy atom. The van der Waals surface area contributed by atoms with Crippen LogP contribution in [0.15, 0.2) is 144 Å². The Balaban J connectivity index is 1.07. The highest BCUT2D eigenvalue weighted by atomic mass is 16.3. The molecule has 0 atom stereocenters. The van der Waals surface area contributed by atoms with Crippen LogP contribution in [-0.4, -0.2) is 4.57 Å². The van der Waals surface area contributed by atoms with Gasteiger partial charge < -0.3 is 4.42 Å². The topological polar surface area (TPSA) is 21.9 Å². The first-order chi connectivity index (χ1) is 28.3. The van der Waals surface area contributed by atoms with E-state index in [4.69, 9.17) is 4.42 Å². The number of nitrogens with zero attached hydrogens (tertiary/aromatic N) is 2. The Bertz CT molecular complexity index is 3070. The summed E-state index contributed by atoms with van der Waals surface area (Å²) in [4.78, 5) is 0. The van der Waals surface area contributed by atoms with E-state index in [2.05, 4.69) is 197 Å². The molecule has 10 rings (SSSR count). The third-order valence-electron chi connectivity index (χ3n) is 13.1. The molecule has 2 aromatic heterocycles. The third-order valence-corrected chi connectivity index (χ3v) is 13.1. The number of hydrogen-bond acceptors (Lipinski definition) is 1. The summed E-state index contributed by atoms with van der Waals surface area (Å²) in [6, 6.07) is 50.9. The Labute approximate surface area is 344 Å². The van der Waals surface area contributed by atoms with Crippen LogP contribution in [0.2, 0.25) is 0 Å². The van der Waals surface area contributed by atoms with Crippen LogP contribution in [-0.2, 0) is 12.5 Å². The first-order valence-electron chi connectivity index (χ1n) is 21.5. The van der Waals surface area contributed by atoms with Crippen LogP contribution >= 0.6 is 0 Å². The molecular weight excluding hydrogens is 705 g/mol. The molecule has 7 aromatic carbocycles. The first-order valence-corrected chi connectivity index (χ1v) is 21.0. The zero-order valence-electron chi connectivity index (χ0n) is 35.9.